The zero-order valence-corrected chi connectivity index (χ0v) is 7.42. The molecule has 0 atom stereocenters. The molecule has 0 aromatic heterocycles. The van der Waals surface area contributed by atoms with Crippen LogP contribution in [0.25, 0.3) is 0 Å². The minimum Gasteiger partial charge on any atom is -0.481 e. The average molecular weight is 153 g/mol. The van der Waals surface area contributed by atoms with Crippen LogP contribution in [0.15, 0.2) is 29.9 Å². The number of hydrogen-bond acceptors (Lipinski definition) is 2. The van der Waals surface area contributed by atoms with E-state index < -0.39 is 0 Å². The summed E-state index contributed by atoms with van der Waals surface area (Å²) in [6, 6.07) is 0. The predicted octanol–water partition coefficient (Wildman–Crippen LogP) is 2.39. The number of ether oxygens (including phenoxy) is 1. The highest BCUT2D eigenvalue weighted by Gasteiger charge is 2.07. The predicted molar refractivity (Wildman–Crippen MR) is 48.6 cm³/mol. The summed E-state index contributed by atoms with van der Waals surface area (Å²) >= 11 is 0. The lowest BCUT2D eigenvalue weighted by Crippen LogP contribution is -2.08. The molecule has 0 aromatic rings. The maximum absolute atomic E-state index is 4.99. The van der Waals surface area contributed by atoms with Gasteiger partial charge in [0.15, 0.2) is 0 Å². The van der Waals surface area contributed by atoms with Gasteiger partial charge in [-0.25, -0.2) is 4.99 Å². The van der Waals surface area contributed by atoms with Crippen molar-refractivity contribution in [1.29, 1.82) is 0 Å². The Morgan fingerprint density at radius 2 is 2.09 bits per heavy atom. The van der Waals surface area contributed by atoms with Crippen LogP contribution < -0.4 is 0 Å². The van der Waals surface area contributed by atoms with Gasteiger partial charge in [0.2, 0.25) is 5.90 Å². The summed E-state index contributed by atoms with van der Waals surface area (Å²) in [6.07, 6.45) is 1.45. The maximum atomic E-state index is 4.99. The molecule has 2 heteroatoms. The van der Waals surface area contributed by atoms with Crippen LogP contribution in [0.1, 0.15) is 13.8 Å². The summed E-state index contributed by atoms with van der Waals surface area (Å²) in [5, 5.41) is 0. The smallest absolute Gasteiger partial charge is 0.215 e. The first kappa shape index (κ1) is 9.95. The summed E-state index contributed by atoms with van der Waals surface area (Å²) < 4.78 is 4.99. The van der Waals surface area contributed by atoms with Crippen molar-refractivity contribution in [1.82, 2.24) is 0 Å². The van der Waals surface area contributed by atoms with Crippen molar-refractivity contribution in [3.05, 3.63) is 24.9 Å². The first-order valence-electron chi connectivity index (χ1n) is 3.55. The molecule has 0 aliphatic carbocycles. The van der Waals surface area contributed by atoms with Crippen LogP contribution in [-0.2, 0) is 4.74 Å². The minimum atomic E-state index is 0.355. The molecule has 0 saturated carbocycles. The second-order valence-electron chi connectivity index (χ2n) is 2.50. The van der Waals surface area contributed by atoms with Gasteiger partial charge in [-0.05, 0) is 5.92 Å². The van der Waals surface area contributed by atoms with E-state index in [1.165, 1.54) is 6.20 Å². The lowest BCUT2D eigenvalue weighted by molar-refractivity contribution is 0.399. The van der Waals surface area contributed by atoms with Crippen molar-refractivity contribution < 1.29 is 4.74 Å². The molecule has 11 heavy (non-hydrogen) atoms. The molecular formula is C9H15NO. The molecule has 0 fully saturated rings. The Kier molecular flexibility index (Phi) is 4.27. The van der Waals surface area contributed by atoms with Crippen molar-refractivity contribution in [2.24, 2.45) is 10.9 Å². The fourth-order valence-corrected chi connectivity index (χ4v) is 0.597. The standard InChI is InChI=1S/C9H15NO/c1-6-10-9(11-5)8(4)7(2)3/h6-7H,1,4H2,2-3,5H3. The van der Waals surface area contributed by atoms with E-state index in [1.54, 1.807) is 7.11 Å². The van der Waals surface area contributed by atoms with E-state index in [4.69, 9.17) is 4.74 Å². The largest absolute Gasteiger partial charge is 0.481 e. The number of methoxy groups -OCH3 is 1. The van der Waals surface area contributed by atoms with Gasteiger partial charge in [-0.2, -0.15) is 0 Å². The monoisotopic (exact) mass is 153 g/mol. The lowest BCUT2D eigenvalue weighted by Gasteiger charge is -2.09. The molecule has 0 aliphatic heterocycles. The molecule has 0 bridgehead atoms. The van der Waals surface area contributed by atoms with Crippen molar-refractivity contribution in [2.45, 2.75) is 13.8 Å². The van der Waals surface area contributed by atoms with Gasteiger partial charge >= 0.3 is 0 Å². The van der Waals surface area contributed by atoms with E-state index in [9.17, 15) is 0 Å². The zero-order chi connectivity index (χ0) is 8.85. The summed E-state index contributed by atoms with van der Waals surface area (Å²) in [5.41, 5.74) is 0.896. The van der Waals surface area contributed by atoms with Gasteiger partial charge in [0.1, 0.15) is 0 Å². The van der Waals surface area contributed by atoms with Crippen LogP contribution in [0.5, 0.6) is 0 Å². The molecule has 0 heterocycles. The molecule has 0 aromatic carbocycles. The van der Waals surface area contributed by atoms with Crippen molar-refractivity contribution >= 4 is 5.90 Å². The van der Waals surface area contributed by atoms with Gasteiger partial charge < -0.3 is 4.74 Å². The van der Waals surface area contributed by atoms with Gasteiger partial charge in [0.05, 0.1) is 7.11 Å². The van der Waals surface area contributed by atoms with Crippen molar-refractivity contribution in [3.8, 4) is 0 Å². The van der Waals surface area contributed by atoms with Crippen molar-refractivity contribution in [2.75, 3.05) is 7.11 Å². The fraction of sp³-hybridized carbons (Fsp3) is 0.444. The Labute approximate surface area is 68.3 Å². The van der Waals surface area contributed by atoms with Crippen LogP contribution in [0, 0.1) is 5.92 Å². The lowest BCUT2D eigenvalue weighted by atomic mass is 10.1. The van der Waals surface area contributed by atoms with E-state index in [-0.39, 0.29) is 0 Å². The Bertz CT molecular complexity index is 180. The van der Waals surface area contributed by atoms with E-state index >= 15 is 0 Å². The molecule has 0 saturated heterocycles. The average Bonchev–Trinajstić information content (AvgIpc) is 1.98. The Hall–Kier alpha value is -1.05. The van der Waals surface area contributed by atoms with E-state index in [2.05, 4.69) is 18.2 Å². The minimum absolute atomic E-state index is 0.355. The number of rotatable bonds is 3. The highest BCUT2D eigenvalue weighted by Crippen LogP contribution is 2.09. The summed E-state index contributed by atoms with van der Waals surface area (Å²) in [7, 11) is 1.58. The second-order valence-corrected chi connectivity index (χ2v) is 2.50. The van der Waals surface area contributed by atoms with Crippen LogP contribution in [0.4, 0.5) is 0 Å². The maximum Gasteiger partial charge on any atom is 0.215 e. The van der Waals surface area contributed by atoms with Crippen LogP contribution in [0.2, 0.25) is 0 Å². The van der Waals surface area contributed by atoms with Crippen LogP contribution in [0.3, 0.4) is 0 Å². The van der Waals surface area contributed by atoms with Gasteiger partial charge in [-0.1, -0.05) is 27.0 Å². The fourth-order valence-electron chi connectivity index (χ4n) is 0.597. The molecule has 0 unspecified atom stereocenters. The topological polar surface area (TPSA) is 21.6 Å². The zero-order valence-electron chi connectivity index (χ0n) is 7.42. The molecule has 62 valence electrons. The highest BCUT2D eigenvalue weighted by molar-refractivity contribution is 5.93. The third-order valence-corrected chi connectivity index (χ3v) is 1.37. The SMILES string of the molecule is C=CN=C(OC)C(=C)C(C)C. The van der Waals surface area contributed by atoms with Crippen LogP contribution >= 0.6 is 0 Å². The first-order valence-corrected chi connectivity index (χ1v) is 3.55. The molecule has 0 rings (SSSR count). The molecule has 2 nitrogen and oxygen atoms in total. The Morgan fingerprint density at radius 3 is 2.36 bits per heavy atom. The highest BCUT2D eigenvalue weighted by atomic mass is 16.5. The molecular weight excluding hydrogens is 138 g/mol. The van der Waals surface area contributed by atoms with E-state index in [0.717, 1.165) is 5.57 Å². The molecule has 0 spiro atoms. The number of aliphatic imine (C=N–C) groups is 1. The van der Waals surface area contributed by atoms with Gasteiger partial charge in [0.25, 0.3) is 0 Å². The first-order chi connectivity index (χ1) is 5.13. The van der Waals surface area contributed by atoms with E-state index in [1.807, 2.05) is 13.8 Å². The number of hydrogen-bond donors (Lipinski definition) is 0. The summed E-state index contributed by atoms with van der Waals surface area (Å²) in [5.74, 6) is 0.920. The second kappa shape index (κ2) is 4.72. The quantitative estimate of drug-likeness (QED) is 0.450. The summed E-state index contributed by atoms with van der Waals surface area (Å²) in [6.45, 7) is 11.4. The third-order valence-electron chi connectivity index (χ3n) is 1.37. The molecule has 0 N–H and O–H groups in total. The number of nitrogens with zero attached hydrogens (tertiary/aromatic N) is 1. The van der Waals surface area contributed by atoms with Gasteiger partial charge in [0, 0.05) is 11.8 Å². The Morgan fingerprint density at radius 1 is 1.55 bits per heavy atom. The van der Waals surface area contributed by atoms with Gasteiger partial charge in [-0.15, -0.1) is 0 Å². The summed E-state index contributed by atoms with van der Waals surface area (Å²) in [4.78, 5) is 3.92. The van der Waals surface area contributed by atoms with Crippen LogP contribution in [-0.4, -0.2) is 13.0 Å². The third kappa shape index (κ3) is 3.03. The van der Waals surface area contributed by atoms with E-state index in [0.29, 0.717) is 11.8 Å². The van der Waals surface area contributed by atoms with Crippen molar-refractivity contribution in [3.63, 3.8) is 0 Å². The Balaban J connectivity index is 4.38. The normalized spacial score (nSPS) is 11.5. The molecule has 0 aliphatic rings. The molecule has 0 amide bonds. The molecule has 0 radical (unpaired) electrons. The van der Waals surface area contributed by atoms with Gasteiger partial charge in [-0.3, -0.25) is 0 Å².